The van der Waals surface area contributed by atoms with Crippen molar-refractivity contribution in [3.05, 3.63) is 29.8 Å². The zero-order chi connectivity index (χ0) is 16.1. The zero-order valence-electron chi connectivity index (χ0n) is 13.5. The Morgan fingerprint density at radius 3 is 2.30 bits per heavy atom. The molecule has 0 saturated carbocycles. The van der Waals surface area contributed by atoms with Gasteiger partial charge in [0.15, 0.2) is 0 Å². The molecule has 6 nitrogen and oxygen atoms in total. The molecule has 1 fully saturated rings. The number of ether oxygens (including phenoxy) is 1. The lowest BCUT2D eigenvalue weighted by molar-refractivity contribution is -0.119. The highest BCUT2D eigenvalue weighted by Crippen LogP contribution is 2.19. The Hall–Kier alpha value is -1.63. The first-order valence-electron chi connectivity index (χ1n) is 7.45. The van der Waals surface area contributed by atoms with Crippen molar-refractivity contribution >= 4 is 29.9 Å². The van der Waals surface area contributed by atoms with Crippen molar-refractivity contribution in [2.75, 3.05) is 32.6 Å². The van der Waals surface area contributed by atoms with Crippen molar-refractivity contribution in [2.45, 2.75) is 18.9 Å². The number of rotatable bonds is 4. The van der Waals surface area contributed by atoms with Crippen molar-refractivity contribution in [1.29, 1.82) is 0 Å². The number of nitrogens with zero attached hydrogens (tertiary/aromatic N) is 1. The minimum absolute atomic E-state index is 0. The molecule has 23 heavy (non-hydrogen) atoms. The van der Waals surface area contributed by atoms with Crippen LogP contribution in [0.25, 0.3) is 0 Å². The average molecular weight is 342 g/mol. The van der Waals surface area contributed by atoms with Crippen LogP contribution in [-0.4, -0.2) is 50.1 Å². The van der Waals surface area contributed by atoms with E-state index >= 15 is 0 Å². The van der Waals surface area contributed by atoms with E-state index in [1.54, 1.807) is 38.4 Å². The number of carbonyl (C=O) groups excluding carboxylic acids is 2. The lowest BCUT2D eigenvalue weighted by Gasteiger charge is -2.26. The highest BCUT2D eigenvalue weighted by atomic mass is 35.5. The maximum atomic E-state index is 12.2. The standard InChI is InChI=1S/C16H23N3O3.ClH/c1-19(2)16(21)12-3-5-13(6-4-12)18-15(20)14(17)11-7-9-22-10-8-11;/h3-6,11,14H,7-10,17H2,1-2H3,(H,18,20);1H. The molecular formula is C16H24ClN3O3. The van der Waals surface area contributed by atoms with Crippen LogP contribution in [0, 0.1) is 5.92 Å². The van der Waals surface area contributed by atoms with Crippen molar-refractivity contribution < 1.29 is 14.3 Å². The smallest absolute Gasteiger partial charge is 0.253 e. The molecule has 1 aliphatic heterocycles. The van der Waals surface area contributed by atoms with Crippen molar-refractivity contribution in [3.8, 4) is 0 Å². The van der Waals surface area contributed by atoms with Crippen molar-refractivity contribution in [3.63, 3.8) is 0 Å². The number of benzene rings is 1. The van der Waals surface area contributed by atoms with E-state index in [9.17, 15) is 9.59 Å². The first kappa shape index (κ1) is 19.4. The van der Waals surface area contributed by atoms with Crippen molar-refractivity contribution in [2.24, 2.45) is 11.7 Å². The molecule has 1 atom stereocenters. The number of halogens is 1. The Morgan fingerprint density at radius 2 is 1.78 bits per heavy atom. The van der Waals surface area contributed by atoms with Crippen LogP contribution in [0.3, 0.4) is 0 Å². The summed E-state index contributed by atoms with van der Waals surface area (Å²) in [7, 11) is 3.40. The van der Waals surface area contributed by atoms with Gasteiger partial charge in [-0.1, -0.05) is 0 Å². The Labute approximate surface area is 142 Å². The Kier molecular flexibility index (Phi) is 7.48. The van der Waals surface area contributed by atoms with E-state index < -0.39 is 6.04 Å². The first-order chi connectivity index (χ1) is 10.5. The molecule has 0 spiro atoms. The van der Waals surface area contributed by atoms with Crippen LogP contribution in [0.4, 0.5) is 5.69 Å². The van der Waals surface area contributed by atoms with Crippen LogP contribution in [0.5, 0.6) is 0 Å². The van der Waals surface area contributed by atoms with Crippen LogP contribution in [-0.2, 0) is 9.53 Å². The molecule has 7 heteroatoms. The monoisotopic (exact) mass is 341 g/mol. The number of nitrogens with one attached hydrogen (secondary N) is 1. The summed E-state index contributed by atoms with van der Waals surface area (Å²) in [5, 5.41) is 2.80. The number of hydrogen-bond donors (Lipinski definition) is 2. The number of amides is 2. The van der Waals surface area contributed by atoms with Crippen LogP contribution in [0.1, 0.15) is 23.2 Å². The van der Waals surface area contributed by atoms with Gasteiger partial charge in [0, 0.05) is 38.6 Å². The minimum atomic E-state index is -0.535. The summed E-state index contributed by atoms with van der Waals surface area (Å²) in [5.41, 5.74) is 7.25. The molecular weight excluding hydrogens is 318 g/mol. The van der Waals surface area contributed by atoms with Gasteiger partial charge >= 0.3 is 0 Å². The molecule has 2 rings (SSSR count). The number of anilines is 1. The summed E-state index contributed by atoms with van der Waals surface area (Å²) in [6.45, 7) is 1.32. The second-order valence-electron chi connectivity index (χ2n) is 5.74. The Morgan fingerprint density at radius 1 is 1.22 bits per heavy atom. The molecule has 0 radical (unpaired) electrons. The summed E-state index contributed by atoms with van der Waals surface area (Å²) in [4.78, 5) is 25.5. The lowest BCUT2D eigenvalue weighted by atomic mass is 9.92. The van der Waals surface area contributed by atoms with E-state index in [2.05, 4.69) is 5.32 Å². The van der Waals surface area contributed by atoms with Gasteiger partial charge in [-0.15, -0.1) is 12.4 Å². The molecule has 1 aromatic carbocycles. The maximum absolute atomic E-state index is 12.2. The molecule has 0 aliphatic carbocycles. The fourth-order valence-electron chi connectivity index (χ4n) is 2.47. The van der Waals surface area contributed by atoms with Gasteiger partial charge in [-0.2, -0.15) is 0 Å². The van der Waals surface area contributed by atoms with Crippen molar-refractivity contribution in [1.82, 2.24) is 4.90 Å². The zero-order valence-corrected chi connectivity index (χ0v) is 14.3. The molecule has 128 valence electrons. The molecule has 1 aliphatic rings. The first-order valence-corrected chi connectivity index (χ1v) is 7.45. The van der Waals surface area contributed by atoms with E-state index in [1.165, 1.54) is 4.90 Å². The average Bonchev–Trinajstić information content (AvgIpc) is 2.54. The topological polar surface area (TPSA) is 84.7 Å². The van der Waals surface area contributed by atoms with Gasteiger partial charge in [0.25, 0.3) is 5.91 Å². The summed E-state index contributed by atoms with van der Waals surface area (Å²) in [6, 6.07) is 6.28. The lowest BCUT2D eigenvalue weighted by Crippen LogP contribution is -2.44. The summed E-state index contributed by atoms with van der Waals surface area (Å²) in [5.74, 6) is -0.112. The second kappa shape index (κ2) is 8.86. The quantitative estimate of drug-likeness (QED) is 0.869. The van der Waals surface area contributed by atoms with Crippen LogP contribution in [0.2, 0.25) is 0 Å². The predicted octanol–water partition coefficient (Wildman–Crippen LogP) is 1.50. The molecule has 3 N–H and O–H groups in total. The third-order valence-corrected chi connectivity index (χ3v) is 3.88. The fourth-order valence-corrected chi connectivity index (χ4v) is 2.47. The molecule has 1 saturated heterocycles. The molecule has 1 unspecified atom stereocenters. The second-order valence-corrected chi connectivity index (χ2v) is 5.74. The molecule has 0 bridgehead atoms. The molecule has 1 heterocycles. The van der Waals surface area contributed by atoms with Crippen LogP contribution >= 0.6 is 12.4 Å². The van der Waals surface area contributed by atoms with Gasteiger partial charge in [-0.05, 0) is 43.0 Å². The van der Waals surface area contributed by atoms with Gasteiger partial charge in [0.1, 0.15) is 0 Å². The Balaban J connectivity index is 0.00000264. The van der Waals surface area contributed by atoms with Gasteiger partial charge in [0.2, 0.25) is 5.91 Å². The number of carbonyl (C=O) groups is 2. The SMILES string of the molecule is CN(C)C(=O)c1ccc(NC(=O)C(N)C2CCOCC2)cc1.Cl. The maximum Gasteiger partial charge on any atom is 0.253 e. The minimum Gasteiger partial charge on any atom is -0.381 e. The molecule has 2 amide bonds. The predicted molar refractivity (Wildman–Crippen MR) is 91.9 cm³/mol. The van der Waals surface area contributed by atoms with Gasteiger partial charge < -0.3 is 20.7 Å². The third kappa shape index (κ3) is 5.20. The number of hydrogen-bond acceptors (Lipinski definition) is 4. The van der Waals surface area contributed by atoms with E-state index in [4.69, 9.17) is 10.5 Å². The van der Waals surface area contributed by atoms with E-state index in [1.807, 2.05) is 0 Å². The van der Waals surface area contributed by atoms with Crippen LogP contribution < -0.4 is 11.1 Å². The Bertz CT molecular complexity index is 528. The molecule has 1 aromatic rings. The highest BCUT2D eigenvalue weighted by Gasteiger charge is 2.26. The third-order valence-electron chi connectivity index (χ3n) is 3.88. The van der Waals surface area contributed by atoms with Crippen LogP contribution in [0.15, 0.2) is 24.3 Å². The highest BCUT2D eigenvalue weighted by molar-refractivity contribution is 5.97. The van der Waals surface area contributed by atoms with Gasteiger partial charge in [-0.25, -0.2) is 0 Å². The van der Waals surface area contributed by atoms with Gasteiger partial charge in [0.05, 0.1) is 6.04 Å². The summed E-state index contributed by atoms with van der Waals surface area (Å²) in [6.07, 6.45) is 1.62. The molecule has 0 aromatic heterocycles. The number of nitrogens with two attached hydrogens (primary N) is 1. The van der Waals surface area contributed by atoms with Gasteiger partial charge in [-0.3, -0.25) is 9.59 Å². The summed E-state index contributed by atoms with van der Waals surface area (Å²) < 4.78 is 5.28. The van der Waals surface area contributed by atoms with E-state index in [0.29, 0.717) is 24.5 Å². The van der Waals surface area contributed by atoms with E-state index in [-0.39, 0.29) is 30.1 Å². The normalized spacial score (nSPS) is 16.1. The summed E-state index contributed by atoms with van der Waals surface area (Å²) >= 11 is 0. The largest absolute Gasteiger partial charge is 0.381 e. The fraction of sp³-hybridized carbons (Fsp3) is 0.500. The van der Waals surface area contributed by atoms with E-state index in [0.717, 1.165) is 12.8 Å².